The van der Waals surface area contributed by atoms with Crippen molar-refractivity contribution in [3.63, 3.8) is 0 Å². The third-order valence-electron chi connectivity index (χ3n) is 4.47. The third kappa shape index (κ3) is 3.16. The molecule has 1 aromatic carbocycles. The number of Topliss-reactive ketones (excluding diaryl/α,β-unsaturated/α-hetero) is 1. The highest BCUT2D eigenvalue weighted by Gasteiger charge is 2.47. The molecule has 0 saturated heterocycles. The molecule has 1 amide bonds. The topological polar surface area (TPSA) is 57.6 Å². The Morgan fingerprint density at radius 3 is 2.37 bits per heavy atom. The molecular weight excluding hydrogens is 372 g/mol. The van der Waals surface area contributed by atoms with Crippen LogP contribution in [-0.4, -0.2) is 16.8 Å². The summed E-state index contributed by atoms with van der Waals surface area (Å²) in [7, 11) is 0. The average molecular weight is 391 g/mol. The van der Waals surface area contributed by atoms with Crippen LogP contribution in [0.1, 0.15) is 37.3 Å². The Morgan fingerprint density at radius 2 is 1.85 bits per heavy atom. The summed E-state index contributed by atoms with van der Waals surface area (Å²) < 4.78 is 27.2. The maximum absolute atomic E-state index is 13.8. The van der Waals surface area contributed by atoms with E-state index in [1.807, 2.05) is 18.4 Å². The van der Waals surface area contributed by atoms with Crippen LogP contribution < -0.4 is 4.90 Å². The zero-order valence-electron chi connectivity index (χ0n) is 15.3. The molecule has 1 unspecified atom stereocenters. The lowest BCUT2D eigenvalue weighted by atomic mass is 9.83. The Kier molecular flexibility index (Phi) is 4.67. The summed E-state index contributed by atoms with van der Waals surface area (Å²) >= 11 is 1.33. The van der Waals surface area contributed by atoms with Crippen molar-refractivity contribution < 1.29 is 23.5 Å². The summed E-state index contributed by atoms with van der Waals surface area (Å²) in [5.74, 6) is -4.01. The van der Waals surface area contributed by atoms with Gasteiger partial charge in [-0.15, -0.1) is 11.3 Å². The summed E-state index contributed by atoms with van der Waals surface area (Å²) in [5, 5.41) is 12.3. The van der Waals surface area contributed by atoms with E-state index in [4.69, 9.17) is 0 Å². The van der Waals surface area contributed by atoms with Crippen molar-refractivity contribution >= 4 is 28.7 Å². The molecule has 0 fully saturated rings. The zero-order valence-corrected chi connectivity index (χ0v) is 16.2. The van der Waals surface area contributed by atoms with Crippen molar-refractivity contribution in [2.75, 3.05) is 4.90 Å². The third-order valence-corrected chi connectivity index (χ3v) is 5.54. The molecule has 1 aliphatic heterocycles. The summed E-state index contributed by atoms with van der Waals surface area (Å²) in [6, 6.07) is 4.00. The van der Waals surface area contributed by atoms with Crippen LogP contribution in [0.3, 0.4) is 0 Å². The molecule has 1 aliphatic rings. The second-order valence-electron chi connectivity index (χ2n) is 7.49. The maximum Gasteiger partial charge on any atom is 0.294 e. The van der Waals surface area contributed by atoms with Gasteiger partial charge in [0, 0.05) is 22.0 Å². The molecule has 0 aliphatic carbocycles. The first kappa shape index (κ1) is 19.2. The van der Waals surface area contributed by atoms with Crippen LogP contribution in [-0.2, 0) is 9.59 Å². The normalized spacial score (nSPS) is 17.8. The Labute approximate surface area is 159 Å². The number of aryl methyl sites for hydroxylation is 1. The Balaban J connectivity index is 2.22. The van der Waals surface area contributed by atoms with Crippen LogP contribution in [0.5, 0.6) is 0 Å². The number of nitrogens with zero attached hydrogens (tertiary/aromatic N) is 1. The molecule has 1 aromatic heterocycles. The Bertz CT molecular complexity index is 972. The van der Waals surface area contributed by atoms with Crippen molar-refractivity contribution in [1.82, 2.24) is 0 Å². The van der Waals surface area contributed by atoms with Gasteiger partial charge in [0.1, 0.15) is 6.04 Å². The van der Waals surface area contributed by atoms with Gasteiger partial charge in [0.25, 0.3) is 5.91 Å². The van der Waals surface area contributed by atoms with Gasteiger partial charge in [-0.25, -0.2) is 8.78 Å². The molecular formula is C20H19F2NO3S. The molecule has 3 rings (SSSR count). The summed E-state index contributed by atoms with van der Waals surface area (Å²) in [5.41, 5.74) is 0.0406. The molecule has 142 valence electrons. The Hall–Kier alpha value is -2.54. The van der Waals surface area contributed by atoms with E-state index in [1.165, 1.54) is 17.4 Å². The summed E-state index contributed by atoms with van der Waals surface area (Å²) in [6.07, 6.45) is 0. The summed E-state index contributed by atoms with van der Waals surface area (Å²) in [6.45, 7) is 6.91. The lowest BCUT2D eigenvalue weighted by Gasteiger charge is -2.28. The smallest absolute Gasteiger partial charge is 0.294 e. The minimum absolute atomic E-state index is 0.0252. The number of rotatable bonds is 3. The molecule has 0 radical (unpaired) electrons. The minimum atomic E-state index is -1.11. The number of ketones is 1. The molecule has 27 heavy (non-hydrogen) atoms. The van der Waals surface area contributed by atoms with E-state index in [2.05, 4.69) is 0 Å². The summed E-state index contributed by atoms with van der Waals surface area (Å²) in [4.78, 5) is 27.7. The van der Waals surface area contributed by atoms with Gasteiger partial charge >= 0.3 is 0 Å². The van der Waals surface area contributed by atoms with Crippen molar-refractivity contribution in [2.24, 2.45) is 5.41 Å². The van der Waals surface area contributed by atoms with Crippen molar-refractivity contribution in [1.29, 1.82) is 0 Å². The quantitative estimate of drug-likeness (QED) is 0.814. The average Bonchev–Trinajstić information content (AvgIpc) is 3.10. The number of carbonyl (C=O) groups excluding carboxylic acids is 2. The van der Waals surface area contributed by atoms with Gasteiger partial charge in [-0.05, 0) is 36.1 Å². The van der Waals surface area contributed by atoms with Crippen LogP contribution >= 0.6 is 11.3 Å². The number of hydrogen-bond donors (Lipinski definition) is 1. The Morgan fingerprint density at radius 1 is 1.19 bits per heavy atom. The van der Waals surface area contributed by atoms with Gasteiger partial charge < -0.3 is 5.11 Å². The van der Waals surface area contributed by atoms with Crippen molar-refractivity contribution in [2.45, 2.75) is 33.7 Å². The first-order valence-corrected chi connectivity index (χ1v) is 9.22. The minimum Gasteiger partial charge on any atom is -0.503 e. The van der Waals surface area contributed by atoms with Gasteiger partial charge in [0.05, 0.1) is 5.57 Å². The highest BCUT2D eigenvalue weighted by atomic mass is 32.1. The number of benzene rings is 1. The van der Waals surface area contributed by atoms with Gasteiger partial charge in [0.15, 0.2) is 23.2 Å². The molecule has 1 N–H and O–H groups in total. The highest BCUT2D eigenvalue weighted by molar-refractivity contribution is 7.10. The van der Waals surface area contributed by atoms with E-state index >= 15 is 0 Å². The monoisotopic (exact) mass is 391 g/mol. The van der Waals surface area contributed by atoms with E-state index in [9.17, 15) is 23.5 Å². The fourth-order valence-corrected chi connectivity index (χ4v) is 4.08. The first-order chi connectivity index (χ1) is 12.5. The fourth-order valence-electron chi connectivity index (χ4n) is 3.06. The number of anilines is 1. The van der Waals surface area contributed by atoms with E-state index in [0.29, 0.717) is 4.88 Å². The van der Waals surface area contributed by atoms with Crippen LogP contribution in [0.4, 0.5) is 14.5 Å². The van der Waals surface area contributed by atoms with E-state index in [0.717, 1.165) is 22.6 Å². The lowest BCUT2D eigenvalue weighted by molar-refractivity contribution is -0.123. The SMILES string of the molecule is Cc1ccsc1C1C(C(=O)C(C)(C)C)=C(O)C(=O)N1c1ccc(F)c(F)c1. The number of amides is 1. The standard InChI is InChI=1S/C20H19F2NO3S/c1-10-7-8-27-17(10)15-14(18(25)20(2,3)4)16(24)19(26)23(15)11-5-6-12(21)13(22)9-11/h5-9,15,24H,1-4H3. The van der Waals surface area contributed by atoms with Gasteiger partial charge in [-0.3, -0.25) is 14.5 Å². The highest BCUT2D eigenvalue weighted by Crippen LogP contribution is 2.45. The van der Waals surface area contributed by atoms with Gasteiger partial charge in [-0.2, -0.15) is 0 Å². The molecule has 0 spiro atoms. The second kappa shape index (κ2) is 6.56. The van der Waals surface area contributed by atoms with Crippen molar-refractivity contribution in [3.8, 4) is 0 Å². The lowest BCUT2D eigenvalue weighted by Crippen LogP contribution is -2.32. The predicted molar refractivity (Wildman–Crippen MR) is 99.8 cm³/mol. The largest absolute Gasteiger partial charge is 0.503 e. The molecule has 4 nitrogen and oxygen atoms in total. The number of aliphatic hydroxyl groups excluding tert-OH is 1. The molecule has 7 heteroatoms. The predicted octanol–water partition coefficient (Wildman–Crippen LogP) is 4.85. The van der Waals surface area contributed by atoms with E-state index in [1.54, 1.807) is 20.8 Å². The van der Waals surface area contributed by atoms with Crippen LogP contribution in [0.2, 0.25) is 0 Å². The number of thiophene rings is 1. The number of aliphatic hydroxyl groups is 1. The van der Waals surface area contributed by atoms with Gasteiger partial charge in [-0.1, -0.05) is 20.8 Å². The fraction of sp³-hybridized carbons (Fsp3) is 0.300. The second-order valence-corrected chi connectivity index (χ2v) is 8.43. The molecule has 0 saturated carbocycles. The van der Waals surface area contributed by atoms with E-state index in [-0.39, 0.29) is 17.0 Å². The molecule has 2 heterocycles. The number of halogens is 2. The van der Waals surface area contributed by atoms with Crippen LogP contribution in [0, 0.1) is 24.0 Å². The molecule has 1 atom stereocenters. The molecule has 2 aromatic rings. The molecule has 0 bridgehead atoms. The van der Waals surface area contributed by atoms with Crippen LogP contribution in [0.15, 0.2) is 41.0 Å². The zero-order chi connectivity index (χ0) is 20.1. The maximum atomic E-state index is 13.8. The first-order valence-electron chi connectivity index (χ1n) is 8.34. The number of carbonyl (C=O) groups is 2. The van der Waals surface area contributed by atoms with Crippen LogP contribution in [0.25, 0.3) is 0 Å². The van der Waals surface area contributed by atoms with Gasteiger partial charge in [0.2, 0.25) is 0 Å². The van der Waals surface area contributed by atoms with E-state index < -0.39 is 34.8 Å². The number of hydrogen-bond acceptors (Lipinski definition) is 4. The van der Waals surface area contributed by atoms with Crippen molar-refractivity contribution in [3.05, 3.63) is 63.1 Å².